The van der Waals surface area contributed by atoms with Gasteiger partial charge in [-0.1, -0.05) is 19.4 Å². The topological polar surface area (TPSA) is 118 Å². The number of hydrogen-bond acceptors (Lipinski definition) is 8. The molecule has 0 aliphatic carbocycles. The maximum absolute atomic E-state index is 13.7. The van der Waals surface area contributed by atoms with Gasteiger partial charge in [-0.25, -0.2) is 4.98 Å². The number of nitrogens with zero attached hydrogens (tertiary/aromatic N) is 4. The molecule has 1 saturated heterocycles. The van der Waals surface area contributed by atoms with Gasteiger partial charge < -0.3 is 23.9 Å². The van der Waals surface area contributed by atoms with Crippen LogP contribution < -0.4 is 14.4 Å². The number of aliphatic carboxylic acids is 1. The molecule has 1 aromatic carbocycles. The first kappa shape index (κ1) is 26.7. The molecule has 206 valence electrons. The zero-order valence-corrected chi connectivity index (χ0v) is 22.3. The SMILES string of the molecule is CCCCN(C(=O)CN1C[C@H](c2ccc3c(c2)OCO3)C(C(=O)O)[C@@H]1CCc1ncc(C)o1)c1cccnc1. The number of rotatable bonds is 11. The molecule has 39 heavy (non-hydrogen) atoms. The molecular weight excluding hydrogens is 500 g/mol. The number of benzene rings is 1. The van der Waals surface area contributed by atoms with Crippen molar-refractivity contribution in [1.82, 2.24) is 14.9 Å². The second kappa shape index (κ2) is 11.9. The van der Waals surface area contributed by atoms with E-state index in [1.807, 2.05) is 42.2 Å². The van der Waals surface area contributed by atoms with E-state index in [1.54, 1.807) is 23.5 Å². The van der Waals surface area contributed by atoms with E-state index in [9.17, 15) is 14.7 Å². The molecule has 0 radical (unpaired) electrons. The number of anilines is 1. The van der Waals surface area contributed by atoms with Gasteiger partial charge in [0.05, 0.1) is 30.5 Å². The molecule has 3 aromatic rings. The lowest BCUT2D eigenvalue weighted by Gasteiger charge is -2.29. The zero-order chi connectivity index (χ0) is 27.4. The highest BCUT2D eigenvalue weighted by Gasteiger charge is 2.47. The number of carbonyl (C=O) groups is 2. The Morgan fingerprint density at radius 1 is 1.18 bits per heavy atom. The second-order valence-electron chi connectivity index (χ2n) is 10.1. The maximum Gasteiger partial charge on any atom is 0.308 e. The van der Waals surface area contributed by atoms with Crippen LogP contribution in [0.3, 0.4) is 0 Å². The molecule has 2 aromatic heterocycles. The Balaban J connectivity index is 1.43. The number of pyridine rings is 1. The van der Waals surface area contributed by atoms with Crippen molar-refractivity contribution in [2.24, 2.45) is 5.92 Å². The second-order valence-corrected chi connectivity index (χ2v) is 10.1. The van der Waals surface area contributed by atoms with E-state index in [2.05, 4.69) is 16.9 Å². The molecule has 1 amide bonds. The first-order valence-corrected chi connectivity index (χ1v) is 13.4. The Morgan fingerprint density at radius 2 is 2.03 bits per heavy atom. The van der Waals surface area contributed by atoms with Crippen LogP contribution in [0.5, 0.6) is 11.5 Å². The summed E-state index contributed by atoms with van der Waals surface area (Å²) in [6.45, 7) is 5.15. The van der Waals surface area contributed by atoms with Crippen LogP contribution in [0, 0.1) is 12.8 Å². The fraction of sp³-hybridized carbons (Fsp3) is 0.448. The first-order valence-electron chi connectivity index (χ1n) is 13.4. The molecule has 0 spiro atoms. The van der Waals surface area contributed by atoms with Gasteiger partial charge in [0.25, 0.3) is 0 Å². The lowest BCUT2D eigenvalue weighted by molar-refractivity contribution is -0.143. The standard InChI is InChI=1S/C29H34N4O6/c1-3-4-12-33(21-6-5-11-30-15-21)27(34)17-32-16-22(20-7-9-24-25(13-20)38-18-37-24)28(29(35)36)23(32)8-10-26-31-14-19(2)39-26/h5-7,9,11,13-15,22-23,28H,3-4,8,10,12,16-18H2,1-2H3,(H,35,36)/t22-,23+,28?/m1/s1. The van der Waals surface area contributed by atoms with Crippen LogP contribution in [0.4, 0.5) is 5.69 Å². The van der Waals surface area contributed by atoms with E-state index in [-0.39, 0.29) is 25.2 Å². The lowest BCUT2D eigenvalue weighted by atomic mass is 9.83. The zero-order valence-electron chi connectivity index (χ0n) is 22.3. The first-order chi connectivity index (χ1) is 18.9. The van der Waals surface area contributed by atoms with E-state index in [0.29, 0.717) is 49.1 Å². The Bertz CT molecular complexity index is 1300. The molecule has 2 aliphatic rings. The maximum atomic E-state index is 13.7. The summed E-state index contributed by atoms with van der Waals surface area (Å²) in [6, 6.07) is 8.89. The summed E-state index contributed by atoms with van der Waals surface area (Å²) in [7, 11) is 0. The molecule has 4 heterocycles. The highest BCUT2D eigenvalue weighted by molar-refractivity contribution is 5.94. The molecule has 0 bridgehead atoms. The normalized spacial score (nSPS) is 20.3. The summed E-state index contributed by atoms with van der Waals surface area (Å²) in [5.41, 5.74) is 1.60. The van der Waals surface area contributed by atoms with Crippen LogP contribution in [-0.2, 0) is 16.0 Å². The fourth-order valence-electron chi connectivity index (χ4n) is 5.61. The van der Waals surface area contributed by atoms with Gasteiger partial charge in [-0.2, -0.15) is 0 Å². The average Bonchev–Trinajstić information content (AvgIpc) is 3.66. The van der Waals surface area contributed by atoms with Gasteiger partial charge in [-0.15, -0.1) is 0 Å². The van der Waals surface area contributed by atoms with Gasteiger partial charge in [0.15, 0.2) is 17.4 Å². The van der Waals surface area contributed by atoms with Crippen LogP contribution in [0.15, 0.2) is 53.3 Å². The molecule has 10 heteroatoms. The van der Waals surface area contributed by atoms with Crippen LogP contribution in [0.2, 0.25) is 0 Å². The largest absolute Gasteiger partial charge is 0.481 e. The molecule has 1 N–H and O–H groups in total. The third-order valence-corrected chi connectivity index (χ3v) is 7.51. The monoisotopic (exact) mass is 534 g/mol. The minimum atomic E-state index is -0.892. The number of fused-ring (bicyclic) bond motifs is 1. The number of carboxylic acid groups (broad SMARTS) is 1. The molecular formula is C29H34N4O6. The number of ether oxygens (including phenoxy) is 2. The third kappa shape index (κ3) is 5.90. The molecule has 2 aliphatic heterocycles. The number of carboxylic acids is 1. The number of unbranched alkanes of at least 4 members (excludes halogenated alkanes) is 1. The summed E-state index contributed by atoms with van der Waals surface area (Å²) in [4.78, 5) is 38.8. The number of oxazole rings is 1. The molecule has 1 unspecified atom stereocenters. The van der Waals surface area contributed by atoms with Gasteiger partial charge in [0.2, 0.25) is 12.7 Å². The summed E-state index contributed by atoms with van der Waals surface area (Å²) < 4.78 is 16.7. The number of amides is 1. The van der Waals surface area contributed by atoms with E-state index < -0.39 is 17.9 Å². The van der Waals surface area contributed by atoms with Crippen molar-refractivity contribution in [2.75, 3.05) is 31.3 Å². The van der Waals surface area contributed by atoms with E-state index in [1.165, 1.54) is 0 Å². The van der Waals surface area contributed by atoms with Gasteiger partial charge in [0.1, 0.15) is 5.76 Å². The summed E-state index contributed by atoms with van der Waals surface area (Å²) in [5.74, 6) is 0.504. The van der Waals surface area contributed by atoms with Crippen molar-refractivity contribution >= 4 is 17.6 Å². The van der Waals surface area contributed by atoms with Crippen LogP contribution in [0.25, 0.3) is 0 Å². The predicted molar refractivity (Wildman–Crippen MR) is 143 cm³/mol. The average molecular weight is 535 g/mol. The predicted octanol–water partition coefficient (Wildman–Crippen LogP) is 4.04. The minimum Gasteiger partial charge on any atom is -0.481 e. The van der Waals surface area contributed by atoms with Crippen molar-refractivity contribution in [3.05, 3.63) is 66.1 Å². The Morgan fingerprint density at radius 3 is 2.74 bits per heavy atom. The van der Waals surface area contributed by atoms with Crippen molar-refractivity contribution in [3.63, 3.8) is 0 Å². The highest BCUT2D eigenvalue weighted by atomic mass is 16.7. The number of hydrogen-bond donors (Lipinski definition) is 1. The number of carbonyl (C=O) groups excluding carboxylic acids is 1. The van der Waals surface area contributed by atoms with Crippen LogP contribution >= 0.6 is 0 Å². The van der Waals surface area contributed by atoms with Gasteiger partial charge >= 0.3 is 5.97 Å². The molecule has 3 atom stereocenters. The summed E-state index contributed by atoms with van der Waals surface area (Å²) >= 11 is 0. The Labute approximate surface area is 227 Å². The fourth-order valence-corrected chi connectivity index (χ4v) is 5.61. The Kier molecular flexibility index (Phi) is 8.11. The van der Waals surface area contributed by atoms with Crippen molar-refractivity contribution in [1.29, 1.82) is 0 Å². The highest BCUT2D eigenvalue weighted by Crippen LogP contribution is 2.43. The summed E-state index contributed by atoms with van der Waals surface area (Å²) in [5, 5.41) is 10.4. The van der Waals surface area contributed by atoms with Gasteiger partial charge in [-0.3, -0.25) is 19.5 Å². The van der Waals surface area contributed by atoms with E-state index >= 15 is 0 Å². The lowest BCUT2D eigenvalue weighted by Crippen LogP contribution is -2.44. The van der Waals surface area contributed by atoms with Crippen LogP contribution in [-0.4, -0.2) is 64.3 Å². The summed E-state index contributed by atoms with van der Waals surface area (Å²) in [6.07, 6.45) is 7.80. The van der Waals surface area contributed by atoms with Gasteiger partial charge in [0, 0.05) is 37.7 Å². The molecule has 5 rings (SSSR count). The number of aryl methyl sites for hydroxylation is 2. The molecule has 10 nitrogen and oxygen atoms in total. The van der Waals surface area contributed by atoms with E-state index in [0.717, 1.165) is 24.1 Å². The molecule has 1 fully saturated rings. The quantitative estimate of drug-likeness (QED) is 0.389. The number of aromatic nitrogens is 2. The Hall–Kier alpha value is -3.92. The van der Waals surface area contributed by atoms with Crippen molar-refractivity contribution in [3.8, 4) is 11.5 Å². The third-order valence-electron chi connectivity index (χ3n) is 7.51. The van der Waals surface area contributed by atoms with Gasteiger partial charge in [-0.05, 0) is 49.6 Å². The molecule has 0 saturated carbocycles. The van der Waals surface area contributed by atoms with Crippen molar-refractivity contribution < 1.29 is 28.6 Å². The smallest absolute Gasteiger partial charge is 0.308 e. The number of likely N-dealkylation sites (tertiary alicyclic amines) is 1. The van der Waals surface area contributed by atoms with Crippen LogP contribution in [0.1, 0.15) is 49.3 Å². The van der Waals surface area contributed by atoms with E-state index in [4.69, 9.17) is 13.9 Å². The minimum absolute atomic E-state index is 0.0797. The van der Waals surface area contributed by atoms with Crippen molar-refractivity contribution in [2.45, 2.75) is 51.5 Å².